The molecular weight excluding hydrogens is 301 g/mol. The van der Waals surface area contributed by atoms with Crippen LogP contribution in [0.5, 0.6) is 0 Å². The summed E-state index contributed by atoms with van der Waals surface area (Å²) in [7, 11) is 0. The molecular formula is C13H19Cl2N3O2. The summed E-state index contributed by atoms with van der Waals surface area (Å²) in [5, 5.41) is 3.54. The molecule has 1 aromatic heterocycles. The van der Waals surface area contributed by atoms with Crippen molar-refractivity contribution in [1.82, 2.24) is 15.2 Å². The molecule has 7 heteroatoms. The zero-order valence-electron chi connectivity index (χ0n) is 11.6. The lowest BCUT2D eigenvalue weighted by molar-refractivity contribution is -0.00924. The Kier molecular flexibility index (Phi) is 4.96. The highest BCUT2D eigenvalue weighted by molar-refractivity contribution is 6.41. The van der Waals surface area contributed by atoms with E-state index in [2.05, 4.69) is 29.0 Å². The van der Waals surface area contributed by atoms with Crippen molar-refractivity contribution in [2.75, 3.05) is 32.8 Å². The fraction of sp³-hybridized carbons (Fsp3) is 0.615. The van der Waals surface area contributed by atoms with Crippen LogP contribution in [0.4, 0.5) is 0 Å². The van der Waals surface area contributed by atoms with Gasteiger partial charge in [0, 0.05) is 25.2 Å². The van der Waals surface area contributed by atoms with E-state index < -0.39 is 0 Å². The zero-order valence-corrected chi connectivity index (χ0v) is 13.1. The first-order chi connectivity index (χ1) is 9.40. The molecule has 0 bridgehead atoms. The van der Waals surface area contributed by atoms with Crippen LogP contribution in [0.2, 0.25) is 10.2 Å². The molecule has 0 spiro atoms. The zero-order chi connectivity index (χ0) is 14.8. The van der Waals surface area contributed by atoms with Crippen LogP contribution in [-0.4, -0.2) is 54.2 Å². The van der Waals surface area contributed by atoms with Gasteiger partial charge in [0.25, 0.3) is 5.91 Å². The molecule has 0 saturated carbocycles. The Balaban J connectivity index is 1.91. The maximum Gasteiger partial charge on any atom is 0.267 e. The van der Waals surface area contributed by atoms with Gasteiger partial charge in [-0.1, -0.05) is 23.2 Å². The first-order valence-corrected chi connectivity index (χ1v) is 7.31. The molecule has 2 rings (SSSR count). The van der Waals surface area contributed by atoms with E-state index in [1.807, 2.05) is 0 Å². The van der Waals surface area contributed by atoms with E-state index in [1.165, 1.54) is 6.07 Å². The van der Waals surface area contributed by atoms with Crippen LogP contribution in [0, 0.1) is 0 Å². The van der Waals surface area contributed by atoms with Gasteiger partial charge in [0.2, 0.25) is 0 Å². The second-order valence-corrected chi connectivity index (χ2v) is 6.22. The van der Waals surface area contributed by atoms with Gasteiger partial charge in [-0.2, -0.15) is 0 Å². The molecule has 0 aliphatic carbocycles. The lowest BCUT2D eigenvalue weighted by Crippen LogP contribution is -2.55. The number of hydrogen-bond donors (Lipinski definition) is 2. The standard InChI is InChI=1S/C13H19Cl2N3O2/c1-13(2,18-3-5-20-6-4-18)8-16-12(19)10-7-9(14)11(15)17-10/h7,17H,3-6,8H2,1-2H3,(H,16,19). The fourth-order valence-corrected chi connectivity index (χ4v) is 2.51. The highest BCUT2D eigenvalue weighted by Gasteiger charge is 2.28. The van der Waals surface area contributed by atoms with Crippen molar-refractivity contribution in [2.24, 2.45) is 0 Å². The summed E-state index contributed by atoms with van der Waals surface area (Å²) in [4.78, 5) is 17.1. The molecule has 1 amide bonds. The number of H-pyrrole nitrogens is 1. The maximum absolute atomic E-state index is 12.0. The number of morpholine rings is 1. The molecule has 1 fully saturated rings. The topological polar surface area (TPSA) is 57.4 Å². The van der Waals surface area contributed by atoms with Gasteiger partial charge in [0.1, 0.15) is 10.8 Å². The third kappa shape index (κ3) is 3.67. The molecule has 1 aliphatic rings. The molecule has 20 heavy (non-hydrogen) atoms. The van der Waals surface area contributed by atoms with Crippen molar-refractivity contribution < 1.29 is 9.53 Å². The SMILES string of the molecule is CC(C)(CNC(=O)c1cc(Cl)c(Cl)[nH]1)N1CCOCC1. The second kappa shape index (κ2) is 6.35. The second-order valence-electron chi connectivity index (χ2n) is 5.44. The van der Waals surface area contributed by atoms with Gasteiger partial charge in [0.05, 0.1) is 18.2 Å². The van der Waals surface area contributed by atoms with E-state index >= 15 is 0 Å². The highest BCUT2D eigenvalue weighted by atomic mass is 35.5. The Bertz CT molecular complexity index is 462. The average Bonchev–Trinajstić information content (AvgIpc) is 2.77. The summed E-state index contributed by atoms with van der Waals surface area (Å²) in [6.07, 6.45) is 0. The molecule has 0 aromatic carbocycles. The number of ether oxygens (including phenoxy) is 1. The number of hydrogen-bond acceptors (Lipinski definition) is 3. The molecule has 0 atom stereocenters. The minimum atomic E-state index is -0.208. The number of rotatable bonds is 4. The molecule has 1 aliphatic heterocycles. The van der Waals surface area contributed by atoms with Crippen LogP contribution in [0.1, 0.15) is 24.3 Å². The highest BCUT2D eigenvalue weighted by Crippen LogP contribution is 2.22. The van der Waals surface area contributed by atoms with Crippen LogP contribution in [-0.2, 0) is 4.74 Å². The van der Waals surface area contributed by atoms with E-state index in [9.17, 15) is 4.79 Å². The smallest absolute Gasteiger partial charge is 0.267 e. The Morgan fingerprint density at radius 3 is 2.65 bits per heavy atom. The van der Waals surface area contributed by atoms with Gasteiger partial charge in [-0.3, -0.25) is 9.69 Å². The molecule has 2 N–H and O–H groups in total. The molecule has 2 heterocycles. The lowest BCUT2D eigenvalue weighted by Gasteiger charge is -2.40. The van der Waals surface area contributed by atoms with Gasteiger partial charge in [-0.25, -0.2) is 0 Å². The van der Waals surface area contributed by atoms with Crippen molar-refractivity contribution in [3.8, 4) is 0 Å². The number of amides is 1. The van der Waals surface area contributed by atoms with Crippen molar-refractivity contribution in [3.63, 3.8) is 0 Å². The van der Waals surface area contributed by atoms with E-state index in [0.717, 1.165) is 26.3 Å². The van der Waals surface area contributed by atoms with Gasteiger partial charge in [0.15, 0.2) is 0 Å². The first kappa shape index (κ1) is 15.6. The quantitative estimate of drug-likeness (QED) is 0.894. The van der Waals surface area contributed by atoms with Crippen LogP contribution < -0.4 is 5.32 Å². The number of nitrogens with zero attached hydrogens (tertiary/aromatic N) is 1. The Morgan fingerprint density at radius 2 is 2.10 bits per heavy atom. The average molecular weight is 320 g/mol. The van der Waals surface area contributed by atoms with Gasteiger partial charge < -0.3 is 15.0 Å². The monoisotopic (exact) mass is 319 g/mol. The molecule has 5 nitrogen and oxygen atoms in total. The summed E-state index contributed by atoms with van der Waals surface area (Å²) >= 11 is 11.6. The van der Waals surface area contributed by atoms with E-state index in [1.54, 1.807) is 0 Å². The van der Waals surface area contributed by atoms with Gasteiger partial charge in [-0.15, -0.1) is 0 Å². The van der Waals surface area contributed by atoms with Crippen LogP contribution in [0.15, 0.2) is 6.07 Å². The maximum atomic E-state index is 12.0. The van der Waals surface area contributed by atoms with Crippen LogP contribution in [0.3, 0.4) is 0 Å². The number of nitrogens with one attached hydrogen (secondary N) is 2. The van der Waals surface area contributed by atoms with Gasteiger partial charge >= 0.3 is 0 Å². The van der Waals surface area contributed by atoms with E-state index in [4.69, 9.17) is 27.9 Å². The molecule has 0 unspecified atom stereocenters. The summed E-state index contributed by atoms with van der Waals surface area (Å²) in [5.41, 5.74) is 0.248. The Morgan fingerprint density at radius 1 is 1.45 bits per heavy atom. The summed E-state index contributed by atoms with van der Waals surface area (Å²) in [6.45, 7) is 7.98. The van der Waals surface area contributed by atoms with Crippen molar-refractivity contribution in [3.05, 3.63) is 21.9 Å². The first-order valence-electron chi connectivity index (χ1n) is 6.55. The minimum Gasteiger partial charge on any atom is -0.379 e. The van der Waals surface area contributed by atoms with Crippen molar-refractivity contribution >= 4 is 29.1 Å². The Labute approximate surface area is 128 Å². The van der Waals surface area contributed by atoms with Crippen molar-refractivity contribution in [1.29, 1.82) is 0 Å². The van der Waals surface area contributed by atoms with Gasteiger partial charge in [-0.05, 0) is 19.9 Å². The third-order valence-corrected chi connectivity index (χ3v) is 4.21. The summed E-state index contributed by atoms with van der Waals surface area (Å²) in [5.74, 6) is -0.208. The van der Waals surface area contributed by atoms with E-state index in [0.29, 0.717) is 17.3 Å². The minimum absolute atomic E-state index is 0.125. The largest absolute Gasteiger partial charge is 0.379 e. The van der Waals surface area contributed by atoms with Crippen LogP contribution in [0.25, 0.3) is 0 Å². The molecule has 0 radical (unpaired) electrons. The summed E-state index contributed by atoms with van der Waals surface area (Å²) < 4.78 is 5.34. The predicted octanol–water partition coefficient (Wildman–Crippen LogP) is 2.16. The third-order valence-electron chi connectivity index (χ3n) is 3.52. The van der Waals surface area contributed by atoms with E-state index in [-0.39, 0.29) is 16.6 Å². The number of carbonyl (C=O) groups is 1. The molecule has 1 aromatic rings. The van der Waals surface area contributed by atoms with Crippen molar-refractivity contribution in [2.45, 2.75) is 19.4 Å². The number of aromatic amines is 1. The number of carbonyl (C=O) groups excluding carboxylic acids is 1. The molecule has 1 saturated heterocycles. The Hall–Kier alpha value is -0.750. The molecule has 112 valence electrons. The predicted molar refractivity (Wildman–Crippen MR) is 79.6 cm³/mol. The van der Waals surface area contributed by atoms with Crippen LogP contribution >= 0.6 is 23.2 Å². The lowest BCUT2D eigenvalue weighted by atomic mass is 10.0. The normalized spacial score (nSPS) is 17.2. The number of halogens is 2. The fourth-order valence-electron chi connectivity index (χ4n) is 2.20. The number of aromatic nitrogens is 1. The summed E-state index contributed by atoms with van der Waals surface area (Å²) in [6, 6.07) is 1.53.